The smallest absolute Gasteiger partial charge is 0.875 e. The zero-order chi connectivity index (χ0) is 22.2. The average molecular weight is 472 g/mol. The van der Waals surface area contributed by atoms with Crippen LogP contribution in [0.2, 0.25) is 5.02 Å². The fraction of sp³-hybridized carbons (Fsp3) is 0.583. The monoisotopic (exact) mass is 471 g/mol. The molecule has 1 aromatic rings. The molecule has 1 aromatic carbocycles. The van der Waals surface area contributed by atoms with E-state index in [9.17, 15) is 9.90 Å². The van der Waals surface area contributed by atoms with Gasteiger partial charge in [0.1, 0.15) is 11.9 Å². The van der Waals surface area contributed by atoms with Crippen molar-refractivity contribution in [3.05, 3.63) is 40.6 Å². The number of hydrogen-bond donors (Lipinski definition) is 0. The summed E-state index contributed by atoms with van der Waals surface area (Å²) in [7, 11) is 0. The first-order valence-corrected chi connectivity index (χ1v) is 12.6. The molecule has 0 radical (unpaired) electrons. The predicted octanol–water partition coefficient (Wildman–Crippen LogP) is 2.02. The zero-order valence-electron chi connectivity index (χ0n) is 19.3. The van der Waals surface area contributed by atoms with Gasteiger partial charge in [-0.15, -0.1) is 5.76 Å². The number of hydrogen-bond acceptors (Lipinski definition) is 6. The number of thioether (sulfide) groups is 1. The van der Waals surface area contributed by atoms with Crippen LogP contribution >= 0.6 is 23.4 Å². The van der Waals surface area contributed by atoms with Gasteiger partial charge in [-0.25, -0.2) is 0 Å². The maximum absolute atomic E-state index is 12.9. The third-order valence-electron chi connectivity index (χ3n) is 5.73. The summed E-state index contributed by atoms with van der Waals surface area (Å²) >= 11 is 7.83. The van der Waals surface area contributed by atoms with Gasteiger partial charge < -0.3 is 14.7 Å². The van der Waals surface area contributed by atoms with Crippen LogP contribution in [-0.4, -0.2) is 35.7 Å². The summed E-state index contributed by atoms with van der Waals surface area (Å²) in [6.45, 7) is 4.09. The summed E-state index contributed by atoms with van der Waals surface area (Å²) in [6.07, 6.45) is 4.28. The van der Waals surface area contributed by atoms with E-state index in [0.29, 0.717) is 41.7 Å². The van der Waals surface area contributed by atoms with Crippen molar-refractivity contribution in [3.63, 3.8) is 0 Å². The predicted molar refractivity (Wildman–Crippen MR) is 125 cm³/mol. The van der Waals surface area contributed by atoms with E-state index in [1.165, 1.54) is 12.2 Å². The molecule has 1 aliphatic carbocycles. The third kappa shape index (κ3) is 7.76. The average Bonchev–Trinajstić information content (AvgIpc) is 2.75. The molecule has 3 unspecified atom stereocenters. The number of benzene rings is 1. The molecule has 3 rings (SSSR count). The summed E-state index contributed by atoms with van der Waals surface area (Å²) in [5, 5.41) is 17.8. The quantitative estimate of drug-likeness (QED) is 0.313. The third-order valence-corrected chi connectivity index (χ3v) is 7.22. The molecule has 1 fully saturated rings. The number of ether oxygens (including phenoxy) is 1. The number of ketones is 1. The van der Waals surface area contributed by atoms with Crippen molar-refractivity contribution in [2.45, 2.75) is 58.5 Å². The Morgan fingerprint density at radius 1 is 1.28 bits per heavy atom. The second-order valence-corrected chi connectivity index (χ2v) is 9.92. The van der Waals surface area contributed by atoms with E-state index in [-0.39, 0.29) is 54.6 Å². The Labute approximate surface area is 212 Å². The topological polar surface area (TPSA) is 70.9 Å². The molecule has 0 amide bonds. The Kier molecular flexibility index (Phi) is 11.6. The van der Waals surface area contributed by atoms with Crippen LogP contribution in [0.15, 0.2) is 40.8 Å². The van der Waals surface area contributed by atoms with Crippen molar-refractivity contribution in [3.8, 4) is 5.75 Å². The molecule has 0 spiro atoms. The van der Waals surface area contributed by atoms with E-state index < -0.39 is 0 Å². The fourth-order valence-corrected chi connectivity index (χ4v) is 5.56. The molecule has 1 aliphatic heterocycles. The Balaban J connectivity index is 0.00000363. The summed E-state index contributed by atoms with van der Waals surface area (Å²) in [5.74, 6) is 3.45. The molecular weight excluding hydrogens is 441 g/mol. The van der Waals surface area contributed by atoms with Gasteiger partial charge in [-0.1, -0.05) is 30.1 Å². The van der Waals surface area contributed by atoms with Gasteiger partial charge in [0.2, 0.25) is 0 Å². The van der Waals surface area contributed by atoms with Crippen LogP contribution in [0, 0.1) is 11.8 Å². The molecule has 3 atom stereocenters. The van der Waals surface area contributed by atoms with Crippen molar-refractivity contribution >= 4 is 34.9 Å². The minimum atomic E-state index is -0.247. The minimum Gasteiger partial charge on any atom is -0.875 e. The van der Waals surface area contributed by atoms with Crippen molar-refractivity contribution in [1.82, 2.24) is 0 Å². The molecule has 8 heteroatoms. The summed E-state index contributed by atoms with van der Waals surface area (Å²) in [5.41, 5.74) is 0.737. The van der Waals surface area contributed by atoms with E-state index in [1.807, 2.05) is 25.6 Å². The molecular formula is C24H31ClLiNO4S. The normalized spacial score (nSPS) is 22.8. The first-order chi connectivity index (χ1) is 15.0. The molecule has 0 N–H and O–H groups in total. The van der Waals surface area contributed by atoms with Gasteiger partial charge >= 0.3 is 18.9 Å². The van der Waals surface area contributed by atoms with Gasteiger partial charge in [-0.2, -0.15) is 11.8 Å². The van der Waals surface area contributed by atoms with Gasteiger partial charge in [0.25, 0.3) is 0 Å². The second-order valence-electron chi connectivity index (χ2n) is 8.33. The maximum atomic E-state index is 12.9. The number of rotatable bonds is 9. The largest absolute Gasteiger partial charge is 1.00 e. The standard InChI is InChI=1S/C24H32ClNO4S.Li/c1-3-5-21(26-29-14-16(2)30-20-9-7-19(25)8-10-20)24-22(27)12-18(13-23(24)28)17-6-4-11-31-15-17;/h7-10,16-18,27H,3-6,11-15H2,1-2H3;/q;+1/p-1/b26-21-;. The van der Waals surface area contributed by atoms with Crippen LogP contribution < -0.4 is 28.7 Å². The number of carbonyl (C=O) groups is 1. The minimum absolute atomic E-state index is 0. The second kappa shape index (κ2) is 13.6. The van der Waals surface area contributed by atoms with Crippen molar-refractivity contribution < 1.29 is 38.3 Å². The van der Waals surface area contributed by atoms with Crippen LogP contribution in [0.4, 0.5) is 0 Å². The molecule has 1 saturated heterocycles. The van der Waals surface area contributed by atoms with E-state index in [2.05, 4.69) is 5.16 Å². The van der Waals surface area contributed by atoms with Gasteiger partial charge in [0.15, 0.2) is 12.4 Å². The van der Waals surface area contributed by atoms with Crippen LogP contribution in [0.1, 0.15) is 52.4 Å². The SMILES string of the molecule is CCC/C(=N/OCC(C)Oc1ccc(Cl)cc1)C1=C([O-])CC(C2CCCSC2)CC1=O.[Li+]. The number of allylic oxidation sites excluding steroid dienone is 2. The fourth-order valence-electron chi connectivity index (χ4n) is 4.15. The summed E-state index contributed by atoms with van der Waals surface area (Å²) in [6, 6.07) is 7.11. The maximum Gasteiger partial charge on any atom is 1.00 e. The molecule has 5 nitrogen and oxygen atoms in total. The Hall–Kier alpha value is -1.06. The van der Waals surface area contributed by atoms with Crippen molar-refractivity contribution in [2.75, 3.05) is 18.1 Å². The molecule has 1 heterocycles. The number of halogens is 1. The molecule has 2 aliphatic rings. The Morgan fingerprint density at radius 2 is 2.03 bits per heavy atom. The van der Waals surface area contributed by atoms with Gasteiger partial charge in [-0.3, -0.25) is 4.79 Å². The van der Waals surface area contributed by atoms with Gasteiger partial charge in [0, 0.05) is 17.0 Å². The first kappa shape index (κ1) is 27.2. The number of carbonyl (C=O) groups excluding carboxylic acids is 1. The van der Waals surface area contributed by atoms with E-state index >= 15 is 0 Å². The van der Waals surface area contributed by atoms with E-state index in [4.69, 9.17) is 21.2 Å². The Morgan fingerprint density at radius 3 is 2.66 bits per heavy atom. The molecule has 0 bridgehead atoms. The van der Waals surface area contributed by atoms with Crippen molar-refractivity contribution in [2.24, 2.45) is 17.0 Å². The van der Waals surface area contributed by atoms with Crippen LogP contribution in [0.5, 0.6) is 5.75 Å². The van der Waals surface area contributed by atoms with Crippen LogP contribution in [0.25, 0.3) is 0 Å². The molecule has 170 valence electrons. The number of Topliss-reactive ketones (excluding diaryl/α,β-unsaturated/α-hetero) is 1. The summed E-state index contributed by atoms with van der Waals surface area (Å²) in [4.78, 5) is 18.4. The van der Waals surface area contributed by atoms with E-state index in [1.54, 1.807) is 24.3 Å². The van der Waals surface area contributed by atoms with E-state index in [0.717, 1.165) is 18.6 Å². The zero-order valence-corrected chi connectivity index (χ0v) is 20.8. The van der Waals surface area contributed by atoms with Gasteiger partial charge in [-0.05, 0) is 80.2 Å². The van der Waals surface area contributed by atoms with Crippen molar-refractivity contribution in [1.29, 1.82) is 0 Å². The van der Waals surface area contributed by atoms with Gasteiger partial charge in [0.05, 0.1) is 5.71 Å². The Bertz CT molecular complexity index is 809. The first-order valence-electron chi connectivity index (χ1n) is 11.1. The number of oxime groups is 1. The molecule has 0 saturated carbocycles. The molecule has 0 aromatic heterocycles. The molecule has 32 heavy (non-hydrogen) atoms. The van der Waals surface area contributed by atoms with Crippen LogP contribution in [-0.2, 0) is 9.63 Å². The summed E-state index contributed by atoms with van der Waals surface area (Å²) < 4.78 is 5.78. The number of nitrogens with zero attached hydrogens (tertiary/aromatic N) is 1. The van der Waals surface area contributed by atoms with Crippen LogP contribution in [0.3, 0.4) is 0 Å².